The van der Waals surface area contributed by atoms with Crippen LogP contribution in [0.3, 0.4) is 0 Å². The second kappa shape index (κ2) is 5.44. The van der Waals surface area contributed by atoms with E-state index in [1.807, 2.05) is 0 Å². The summed E-state index contributed by atoms with van der Waals surface area (Å²) in [7, 11) is 0. The molecule has 0 amide bonds. The molecule has 0 unspecified atom stereocenters. The molecule has 75 valence electrons. The Kier molecular flexibility index (Phi) is 4.22. The first-order valence-electron chi connectivity index (χ1n) is 6.15. The molecule has 0 saturated heterocycles. The van der Waals surface area contributed by atoms with Crippen LogP contribution in [-0.2, 0) is 0 Å². The fourth-order valence-corrected chi connectivity index (χ4v) is 6.79. The van der Waals surface area contributed by atoms with Crippen LogP contribution in [-0.4, -0.2) is 15.8 Å². The van der Waals surface area contributed by atoms with Crippen molar-refractivity contribution >= 4 is 15.8 Å². The van der Waals surface area contributed by atoms with Crippen molar-refractivity contribution in [1.82, 2.24) is 0 Å². The van der Waals surface area contributed by atoms with Crippen LogP contribution in [0.2, 0.25) is 9.41 Å². The first-order valence-corrected chi connectivity index (χ1v) is 8.32. The molecular weight excluding hydrogens is 219 g/mol. The Morgan fingerprint density at radius 2 is 0.923 bits per heavy atom. The molecule has 0 aromatic carbocycles. The van der Waals surface area contributed by atoms with E-state index in [-0.39, 0.29) is 0 Å². The van der Waals surface area contributed by atoms with Crippen LogP contribution in [0.1, 0.15) is 64.2 Å². The summed E-state index contributed by atoms with van der Waals surface area (Å²) < 4.78 is 2.43. The van der Waals surface area contributed by atoms with Crippen LogP contribution in [0.25, 0.3) is 0 Å². The number of rotatable bonds is 2. The van der Waals surface area contributed by atoms with Gasteiger partial charge in [-0.1, -0.05) is 0 Å². The number of hydrogen-bond acceptors (Lipinski definition) is 0. The zero-order valence-electron chi connectivity index (χ0n) is 8.67. The third-order valence-corrected chi connectivity index (χ3v) is 7.51. The minimum absolute atomic E-state index is 0.730. The first kappa shape index (κ1) is 10.1. The van der Waals surface area contributed by atoms with Gasteiger partial charge in [-0.05, 0) is 0 Å². The second-order valence-corrected chi connectivity index (χ2v) is 8.42. The maximum atomic E-state index is 1.59. The van der Waals surface area contributed by atoms with Gasteiger partial charge in [0.05, 0.1) is 0 Å². The van der Waals surface area contributed by atoms with Gasteiger partial charge in [0.25, 0.3) is 0 Å². The Bertz CT molecular complexity index is 116. The summed E-state index contributed by atoms with van der Waals surface area (Å²) in [5.41, 5.74) is 0. The first-order chi connectivity index (χ1) is 6.45. The van der Waals surface area contributed by atoms with Gasteiger partial charge < -0.3 is 0 Å². The summed E-state index contributed by atoms with van der Waals surface area (Å²) in [4.78, 5) is 0. The van der Waals surface area contributed by atoms with Gasteiger partial charge in [0, 0.05) is 0 Å². The predicted molar refractivity (Wildman–Crippen MR) is 59.4 cm³/mol. The topological polar surface area (TPSA) is 0 Å². The van der Waals surface area contributed by atoms with Crippen molar-refractivity contribution in [3.63, 3.8) is 0 Å². The average Bonchev–Trinajstić information content (AvgIpc) is 2.21. The zero-order valence-corrected chi connectivity index (χ0v) is 10.5. The zero-order chi connectivity index (χ0) is 8.93. The summed E-state index contributed by atoms with van der Waals surface area (Å²) in [6, 6.07) is 0. The van der Waals surface area contributed by atoms with E-state index in [0.29, 0.717) is 0 Å². The van der Waals surface area contributed by atoms with E-state index in [4.69, 9.17) is 0 Å². The standard InChI is InChI=1S/C12H22As/c1-3-7-11(8-4-1)13-12-9-5-2-6-10-12/h11-12H,1-10H2. The number of hydrogen-bond donors (Lipinski definition) is 0. The van der Waals surface area contributed by atoms with E-state index in [1.54, 1.807) is 51.4 Å². The summed E-state index contributed by atoms with van der Waals surface area (Å²) in [5, 5.41) is 0. The molecule has 2 aliphatic carbocycles. The van der Waals surface area contributed by atoms with Crippen molar-refractivity contribution in [2.24, 2.45) is 0 Å². The van der Waals surface area contributed by atoms with Crippen LogP contribution in [0.15, 0.2) is 0 Å². The predicted octanol–water partition coefficient (Wildman–Crippen LogP) is 4.20. The second-order valence-electron chi connectivity index (χ2n) is 4.73. The van der Waals surface area contributed by atoms with Crippen LogP contribution >= 0.6 is 0 Å². The molecule has 2 saturated carbocycles. The third kappa shape index (κ3) is 3.31. The van der Waals surface area contributed by atoms with Gasteiger partial charge in [0.15, 0.2) is 0 Å². The normalized spacial score (nSPS) is 27.7. The quantitative estimate of drug-likeness (QED) is 0.636. The molecule has 0 aromatic heterocycles. The molecule has 0 bridgehead atoms. The Morgan fingerprint density at radius 3 is 1.31 bits per heavy atom. The Morgan fingerprint density at radius 1 is 0.538 bits per heavy atom. The van der Waals surface area contributed by atoms with Crippen molar-refractivity contribution < 1.29 is 0 Å². The van der Waals surface area contributed by atoms with Crippen molar-refractivity contribution in [3.05, 3.63) is 0 Å². The molecule has 1 radical (unpaired) electrons. The molecule has 0 heterocycles. The maximum absolute atomic E-state index is 1.59. The van der Waals surface area contributed by atoms with Gasteiger partial charge in [-0.15, -0.1) is 0 Å². The molecule has 2 fully saturated rings. The van der Waals surface area contributed by atoms with Gasteiger partial charge in [-0.25, -0.2) is 0 Å². The van der Waals surface area contributed by atoms with Crippen LogP contribution in [0.4, 0.5) is 0 Å². The fourth-order valence-electron chi connectivity index (χ4n) is 2.76. The van der Waals surface area contributed by atoms with E-state index in [1.165, 1.54) is 22.3 Å². The monoisotopic (exact) mass is 241 g/mol. The molecule has 0 atom stereocenters. The molecule has 0 nitrogen and oxygen atoms in total. The van der Waals surface area contributed by atoms with Crippen LogP contribution in [0, 0.1) is 0 Å². The molecule has 0 N–H and O–H groups in total. The van der Waals surface area contributed by atoms with Gasteiger partial charge in [0.2, 0.25) is 0 Å². The van der Waals surface area contributed by atoms with E-state index < -0.39 is 0 Å². The molecule has 1 heteroatoms. The fraction of sp³-hybridized carbons (Fsp3) is 1.00. The summed E-state index contributed by atoms with van der Waals surface area (Å²) >= 11 is 0.730. The van der Waals surface area contributed by atoms with Gasteiger partial charge in [-0.3, -0.25) is 0 Å². The third-order valence-electron chi connectivity index (χ3n) is 3.57. The molecule has 0 aromatic rings. The van der Waals surface area contributed by atoms with Crippen molar-refractivity contribution in [2.45, 2.75) is 73.6 Å². The van der Waals surface area contributed by atoms with E-state index in [2.05, 4.69) is 0 Å². The SMILES string of the molecule is C1CCC([As]C2CCCCC2)CC1. The van der Waals surface area contributed by atoms with Crippen molar-refractivity contribution in [3.8, 4) is 0 Å². The molecule has 0 spiro atoms. The van der Waals surface area contributed by atoms with Gasteiger partial charge in [-0.2, -0.15) is 0 Å². The summed E-state index contributed by atoms with van der Waals surface area (Å²) in [6.45, 7) is 0. The van der Waals surface area contributed by atoms with Gasteiger partial charge >= 0.3 is 89.4 Å². The molecule has 13 heavy (non-hydrogen) atoms. The summed E-state index contributed by atoms with van der Waals surface area (Å²) in [6.07, 6.45) is 15.6. The van der Waals surface area contributed by atoms with E-state index >= 15 is 0 Å². The summed E-state index contributed by atoms with van der Waals surface area (Å²) in [5.74, 6) is 0. The van der Waals surface area contributed by atoms with Crippen molar-refractivity contribution in [2.75, 3.05) is 0 Å². The van der Waals surface area contributed by atoms with Crippen molar-refractivity contribution in [1.29, 1.82) is 0 Å². The van der Waals surface area contributed by atoms with Gasteiger partial charge in [0.1, 0.15) is 0 Å². The average molecular weight is 241 g/mol. The molecule has 2 rings (SSSR count). The Hall–Kier alpha value is 0.558. The Balaban J connectivity index is 1.69. The minimum atomic E-state index is 0.730. The van der Waals surface area contributed by atoms with E-state index in [0.717, 1.165) is 15.8 Å². The van der Waals surface area contributed by atoms with Crippen LogP contribution < -0.4 is 0 Å². The molecule has 0 aliphatic heterocycles. The molecule has 2 aliphatic rings. The van der Waals surface area contributed by atoms with Crippen LogP contribution in [0.5, 0.6) is 0 Å². The Labute approximate surface area is 89.6 Å². The molecular formula is C12H22As. The van der Waals surface area contributed by atoms with E-state index in [9.17, 15) is 0 Å².